The molecule has 1 aliphatic heterocycles. The van der Waals surface area contributed by atoms with Gasteiger partial charge in [-0.25, -0.2) is 0 Å². The molecule has 1 aliphatic carbocycles. The van der Waals surface area contributed by atoms with Gasteiger partial charge in [0.05, 0.1) is 0 Å². The third-order valence-electron chi connectivity index (χ3n) is 4.43. The van der Waals surface area contributed by atoms with Crippen LogP contribution < -0.4 is 5.32 Å². The van der Waals surface area contributed by atoms with Crippen LogP contribution in [-0.4, -0.2) is 32.6 Å². The van der Waals surface area contributed by atoms with Gasteiger partial charge in [-0.1, -0.05) is 37.9 Å². The summed E-state index contributed by atoms with van der Waals surface area (Å²) in [4.78, 5) is 0. The average molecular weight is 294 g/mol. The Balaban J connectivity index is 1.52. The van der Waals surface area contributed by atoms with Crippen molar-refractivity contribution in [3.05, 3.63) is 5.82 Å². The van der Waals surface area contributed by atoms with E-state index in [1.165, 1.54) is 50.8 Å². The predicted octanol–water partition coefficient (Wildman–Crippen LogP) is 3.02. The van der Waals surface area contributed by atoms with Gasteiger partial charge in [0.15, 0.2) is 5.16 Å². The topological polar surface area (TPSA) is 42.7 Å². The van der Waals surface area contributed by atoms with E-state index in [-0.39, 0.29) is 0 Å². The summed E-state index contributed by atoms with van der Waals surface area (Å²) in [6.45, 7) is 4.48. The number of hydrogen-bond acceptors (Lipinski definition) is 4. The first-order chi connectivity index (χ1) is 9.83. The van der Waals surface area contributed by atoms with Crippen LogP contribution >= 0.6 is 11.8 Å². The molecule has 4 nitrogen and oxygen atoms in total. The molecule has 1 unspecified atom stereocenters. The van der Waals surface area contributed by atoms with Crippen LogP contribution in [0.5, 0.6) is 0 Å². The van der Waals surface area contributed by atoms with Crippen molar-refractivity contribution in [1.82, 2.24) is 20.1 Å². The van der Waals surface area contributed by atoms with Gasteiger partial charge in [0, 0.05) is 30.8 Å². The monoisotopic (exact) mass is 294 g/mol. The highest BCUT2D eigenvalue weighted by Gasteiger charge is 2.19. The normalized spacial score (nSPS) is 21.6. The Morgan fingerprint density at radius 1 is 1.20 bits per heavy atom. The molecule has 2 heterocycles. The Kier molecular flexibility index (Phi) is 4.99. The smallest absolute Gasteiger partial charge is 0.191 e. The predicted molar refractivity (Wildman–Crippen MR) is 83.2 cm³/mol. The van der Waals surface area contributed by atoms with E-state index in [0.29, 0.717) is 5.25 Å². The van der Waals surface area contributed by atoms with Crippen molar-refractivity contribution in [2.24, 2.45) is 0 Å². The first kappa shape index (κ1) is 14.4. The number of nitrogens with zero attached hydrogens (tertiary/aromatic N) is 3. The minimum Gasteiger partial charge on any atom is -0.313 e. The highest BCUT2D eigenvalue weighted by Crippen LogP contribution is 2.25. The second kappa shape index (κ2) is 6.94. The molecule has 2 aliphatic rings. The van der Waals surface area contributed by atoms with Crippen molar-refractivity contribution in [2.75, 3.05) is 6.54 Å². The first-order valence-corrected chi connectivity index (χ1v) is 9.03. The molecule has 1 aromatic heterocycles. The lowest BCUT2D eigenvalue weighted by atomic mass is 10.2. The minimum atomic E-state index is 0.562. The Labute approximate surface area is 126 Å². The van der Waals surface area contributed by atoms with Crippen molar-refractivity contribution in [3.63, 3.8) is 0 Å². The average Bonchev–Trinajstić information content (AvgIpc) is 3.02. The fourth-order valence-corrected chi connectivity index (χ4v) is 4.18. The van der Waals surface area contributed by atoms with Crippen LogP contribution in [0.15, 0.2) is 5.16 Å². The summed E-state index contributed by atoms with van der Waals surface area (Å²) in [5, 5.41) is 14.2. The number of thioether (sulfide) groups is 1. The van der Waals surface area contributed by atoms with Crippen LogP contribution in [-0.2, 0) is 13.0 Å². The standard InChI is InChI=1S/C15H26N4S/c1-12(11-16-13-7-4-5-8-13)20-15-18-17-14-9-3-2-6-10-19(14)15/h12-13,16H,2-11H2,1H3. The van der Waals surface area contributed by atoms with Crippen LogP contribution in [0.4, 0.5) is 0 Å². The molecule has 1 saturated carbocycles. The number of fused-ring (bicyclic) bond motifs is 1. The summed E-state index contributed by atoms with van der Waals surface area (Å²) in [6, 6.07) is 0.758. The van der Waals surface area contributed by atoms with Gasteiger partial charge < -0.3 is 9.88 Å². The van der Waals surface area contributed by atoms with E-state index in [1.807, 2.05) is 11.8 Å². The first-order valence-electron chi connectivity index (χ1n) is 8.15. The summed E-state index contributed by atoms with van der Waals surface area (Å²) < 4.78 is 2.35. The fraction of sp³-hybridized carbons (Fsp3) is 0.867. The van der Waals surface area contributed by atoms with Gasteiger partial charge in [-0.15, -0.1) is 10.2 Å². The Morgan fingerprint density at radius 3 is 2.90 bits per heavy atom. The molecule has 5 heteroatoms. The van der Waals surface area contributed by atoms with E-state index in [2.05, 4.69) is 27.0 Å². The summed E-state index contributed by atoms with van der Waals surface area (Å²) in [6.07, 6.45) is 10.5. The van der Waals surface area contributed by atoms with Crippen LogP contribution in [0.2, 0.25) is 0 Å². The van der Waals surface area contributed by atoms with Crippen molar-refractivity contribution in [3.8, 4) is 0 Å². The van der Waals surface area contributed by atoms with Gasteiger partial charge in [-0.2, -0.15) is 0 Å². The molecule has 112 valence electrons. The maximum Gasteiger partial charge on any atom is 0.191 e. The van der Waals surface area contributed by atoms with E-state index in [4.69, 9.17) is 0 Å². The van der Waals surface area contributed by atoms with Crippen molar-refractivity contribution < 1.29 is 0 Å². The van der Waals surface area contributed by atoms with Crippen molar-refractivity contribution in [1.29, 1.82) is 0 Å². The second-order valence-electron chi connectivity index (χ2n) is 6.18. The summed E-state index contributed by atoms with van der Waals surface area (Å²) in [5.74, 6) is 1.20. The van der Waals surface area contributed by atoms with E-state index < -0.39 is 0 Å². The molecule has 1 atom stereocenters. The number of nitrogens with one attached hydrogen (secondary N) is 1. The Morgan fingerprint density at radius 2 is 2.05 bits per heavy atom. The van der Waals surface area contributed by atoms with E-state index >= 15 is 0 Å². The molecular formula is C15H26N4S. The number of hydrogen-bond donors (Lipinski definition) is 1. The van der Waals surface area contributed by atoms with Gasteiger partial charge in [0.1, 0.15) is 5.82 Å². The Bertz CT molecular complexity index is 426. The molecule has 0 aromatic carbocycles. The van der Waals surface area contributed by atoms with Crippen LogP contribution in [0, 0.1) is 0 Å². The minimum absolute atomic E-state index is 0.562. The molecular weight excluding hydrogens is 268 g/mol. The summed E-state index contributed by atoms with van der Waals surface area (Å²) in [5.41, 5.74) is 0. The summed E-state index contributed by atoms with van der Waals surface area (Å²) >= 11 is 1.88. The van der Waals surface area contributed by atoms with Gasteiger partial charge in [-0.05, 0) is 25.7 Å². The Hall–Kier alpha value is -0.550. The maximum absolute atomic E-state index is 4.41. The third kappa shape index (κ3) is 3.55. The molecule has 0 radical (unpaired) electrons. The zero-order valence-electron chi connectivity index (χ0n) is 12.5. The zero-order valence-corrected chi connectivity index (χ0v) is 13.3. The largest absolute Gasteiger partial charge is 0.313 e. The van der Waals surface area contributed by atoms with Gasteiger partial charge >= 0.3 is 0 Å². The van der Waals surface area contributed by atoms with Crippen LogP contribution in [0.25, 0.3) is 0 Å². The van der Waals surface area contributed by atoms with Crippen LogP contribution in [0.1, 0.15) is 57.7 Å². The van der Waals surface area contributed by atoms with E-state index in [0.717, 1.165) is 30.7 Å². The van der Waals surface area contributed by atoms with Gasteiger partial charge in [0.25, 0.3) is 0 Å². The molecule has 1 N–H and O–H groups in total. The number of aromatic nitrogens is 3. The number of rotatable bonds is 5. The molecule has 1 aromatic rings. The van der Waals surface area contributed by atoms with Crippen LogP contribution in [0.3, 0.4) is 0 Å². The third-order valence-corrected chi connectivity index (χ3v) is 5.51. The zero-order chi connectivity index (χ0) is 13.8. The second-order valence-corrected chi connectivity index (χ2v) is 7.58. The molecule has 0 saturated heterocycles. The lowest BCUT2D eigenvalue weighted by Gasteiger charge is -2.16. The lowest BCUT2D eigenvalue weighted by molar-refractivity contribution is 0.526. The van der Waals surface area contributed by atoms with Crippen molar-refractivity contribution in [2.45, 2.75) is 81.3 Å². The number of aryl methyl sites for hydroxylation is 1. The lowest BCUT2D eigenvalue weighted by Crippen LogP contribution is -2.31. The van der Waals surface area contributed by atoms with Crippen molar-refractivity contribution >= 4 is 11.8 Å². The molecule has 0 bridgehead atoms. The SMILES string of the molecule is CC(CNC1CCCC1)Sc1nnc2n1CCCCC2. The quantitative estimate of drug-likeness (QED) is 0.848. The fourth-order valence-electron chi connectivity index (χ4n) is 3.23. The molecule has 3 rings (SSSR count). The van der Waals surface area contributed by atoms with Gasteiger partial charge in [-0.3, -0.25) is 0 Å². The summed E-state index contributed by atoms with van der Waals surface area (Å²) in [7, 11) is 0. The van der Waals surface area contributed by atoms with E-state index in [1.54, 1.807) is 0 Å². The highest BCUT2D eigenvalue weighted by atomic mass is 32.2. The molecule has 1 fully saturated rings. The molecule has 0 amide bonds. The highest BCUT2D eigenvalue weighted by molar-refractivity contribution is 7.99. The van der Waals surface area contributed by atoms with E-state index in [9.17, 15) is 0 Å². The molecule has 20 heavy (non-hydrogen) atoms. The molecule has 0 spiro atoms. The maximum atomic E-state index is 4.41. The van der Waals surface area contributed by atoms with Gasteiger partial charge in [0.2, 0.25) is 0 Å².